The molecule has 1 aromatic carbocycles. The van der Waals surface area contributed by atoms with E-state index in [1.807, 2.05) is 0 Å². The van der Waals surface area contributed by atoms with E-state index in [2.05, 4.69) is 10.6 Å². The number of fused-ring (bicyclic) bond motifs is 1. The van der Waals surface area contributed by atoms with Gasteiger partial charge in [-0.1, -0.05) is 12.1 Å². The average Bonchev–Trinajstić information content (AvgIpc) is 2.82. The van der Waals surface area contributed by atoms with E-state index >= 15 is 0 Å². The third-order valence-electron chi connectivity index (χ3n) is 5.10. The molecular formula is C19H21F5N4O4. The van der Waals surface area contributed by atoms with Gasteiger partial charge in [-0.3, -0.25) is 19.2 Å². The molecule has 0 aliphatic carbocycles. The van der Waals surface area contributed by atoms with Gasteiger partial charge in [0.1, 0.15) is 5.92 Å². The van der Waals surface area contributed by atoms with Gasteiger partial charge in [0.05, 0.1) is 24.5 Å². The zero-order valence-corrected chi connectivity index (χ0v) is 17.3. The molecule has 0 radical (unpaired) electrons. The number of alkyl halides is 5. The predicted molar refractivity (Wildman–Crippen MR) is 103 cm³/mol. The molecule has 0 fully saturated rings. The van der Waals surface area contributed by atoms with E-state index in [0.29, 0.717) is 11.4 Å². The minimum absolute atomic E-state index is 0.380. The van der Waals surface area contributed by atoms with E-state index in [0.717, 1.165) is 18.7 Å². The van der Waals surface area contributed by atoms with Crippen molar-refractivity contribution in [2.24, 2.45) is 5.92 Å². The summed E-state index contributed by atoms with van der Waals surface area (Å²) < 4.78 is 62.8. The number of hydrogen-bond acceptors (Lipinski definition) is 5. The number of halogens is 5. The van der Waals surface area contributed by atoms with Crippen LogP contribution in [0.5, 0.6) is 0 Å². The molecule has 2 rings (SSSR count). The lowest BCUT2D eigenvalue weighted by Crippen LogP contribution is -2.67. The Morgan fingerprint density at radius 3 is 2.31 bits per heavy atom. The molecule has 32 heavy (non-hydrogen) atoms. The molecule has 1 aromatic rings. The molecule has 1 aliphatic rings. The molecule has 3 amide bonds. The number of para-hydroxylation sites is 2. The molecule has 1 unspecified atom stereocenters. The second kappa shape index (κ2) is 8.71. The maximum absolute atomic E-state index is 13.1. The number of nitrogens with zero attached hydrogens (tertiary/aromatic N) is 1. The van der Waals surface area contributed by atoms with Crippen LogP contribution in [0.15, 0.2) is 24.3 Å². The van der Waals surface area contributed by atoms with Crippen LogP contribution in [0.1, 0.15) is 13.8 Å². The van der Waals surface area contributed by atoms with Crippen LogP contribution in [-0.2, 0) is 19.2 Å². The second-order valence-electron chi connectivity index (χ2n) is 7.33. The molecule has 0 aromatic heterocycles. The smallest absolute Gasteiger partial charge is 0.380 e. The maximum Gasteiger partial charge on any atom is 0.455 e. The minimum atomic E-state index is -5.89. The summed E-state index contributed by atoms with van der Waals surface area (Å²) in [6.45, 7) is -0.465. The SMILES string of the molecule is CC(=O)[C@@]1(NC(=O)C(C)C(=O)NCC(F)(F)C(F)(F)F)CNc2ccccc2N(C)C1=O. The van der Waals surface area contributed by atoms with Gasteiger partial charge in [-0.2, -0.15) is 22.0 Å². The fourth-order valence-corrected chi connectivity index (χ4v) is 2.96. The molecule has 176 valence electrons. The fraction of sp³-hybridized carbons (Fsp3) is 0.474. The van der Waals surface area contributed by atoms with Crippen molar-refractivity contribution in [3.8, 4) is 0 Å². The van der Waals surface area contributed by atoms with Gasteiger partial charge in [0.2, 0.25) is 11.8 Å². The molecule has 8 nitrogen and oxygen atoms in total. The van der Waals surface area contributed by atoms with Gasteiger partial charge in [0.15, 0.2) is 11.3 Å². The summed E-state index contributed by atoms with van der Waals surface area (Å²) in [5, 5.41) is 6.42. The average molecular weight is 464 g/mol. The van der Waals surface area contributed by atoms with Gasteiger partial charge in [-0.05, 0) is 26.0 Å². The summed E-state index contributed by atoms with van der Waals surface area (Å²) in [7, 11) is 1.37. The third-order valence-corrected chi connectivity index (χ3v) is 5.10. The molecule has 1 heterocycles. The van der Waals surface area contributed by atoms with E-state index in [-0.39, 0.29) is 6.54 Å². The van der Waals surface area contributed by atoms with Crippen LogP contribution < -0.4 is 20.9 Å². The summed E-state index contributed by atoms with van der Waals surface area (Å²) in [6.07, 6.45) is -5.89. The topological polar surface area (TPSA) is 108 Å². The first-order valence-corrected chi connectivity index (χ1v) is 9.30. The molecule has 0 bridgehead atoms. The van der Waals surface area contributed by atoms with Gasteiger partial charge in [-0.15, -0.1) is 0 Å². The first-order chi connectivity index (χ1) is 14.6. The number of likely N-dealkylation sites (N-methyl/N-ethyl adjacent to an activating group) is 1. The van der Waals surface area contributed by atoms with Gasteiger partial charge in [-0.25, -0.2) is 0 Å². The van der Waals surface area contributed by atoms with Crippen LogP contribution in [0, 0.1) is 5.92 Å². The summed E-state index contributed by atoms with van der Waals surface area (Å²) in [6, 6.07) is 6.54. The number of hydrogen-bond donors (Lipinski definition) is 3. The Balaban J connectivity index is 2.21. The lowest BCUT2D eigenvalue weighted by atomic mass is 9.91. The number of carbonyl (C=O) groups is 4. The van der Waals surface area contributed by atoms with Crippen molar-refractivity contribution in [2.75, 3.05) is 30.4 Å². The molecule has 3 N–H and O–H groups in total. The van der Waals surface area contributed by atoms with Crippen LogP contribution in [-0.4, -0.2) is 61.3 Å². The van der Waals surface area contributed by atoms with Crippen molar-refractivity contribution < 1.29 is 41.1 Å². The van der Waals surface area contributed by atoms with Crippen LogP contribution in [0.2, 0.25) is 0 Å². The molecular weight excluding hydrogens is 443 g/mol. The largest absolute Gasteiger partial charge is 0.455 e. The summed E-state index contributed by atoms with van der Waals surface area (Å²) >= 11 is 0. The van der Waals surface area contributed by atoms with Crippen LogP contribution in [0.4, 0.5) is 33.3 Å². The number of anilines is 2. The van der Waals surface area contributed by atoms with E-state index in [1.165, 1.54) is 12.4 Å². The minimum Gasteiger partial charge on any atom is -0.380 e. The highest BCUT2D eigenvalue weighted by Crippen LogP contribution is 2.34. The monoisotopic (exact) mass is 464 g/mol. The second-order valence-corrected chi connectivity index (χ2v) is 7.33. The lowest BCUT2D eigenvalue weighted by Gasteiger charge is -2.32. The van der Waals surface area contributed by atoms with Crippen molar-refractivity contribution in [1.29, 1.82) is 0 Å². The van der Waals surface area contributed by atoms with E-state index < -0.39 is 53.6 Å². The zero-order valence-electron chi connectivity index (χ0n) is 17.3. The van der Waals surface area contributed by atoms with Crippen molar-refractivity contribution in [3.05, 3.63) is 24.3 Å². The van der Waals surface area contributed by atoms with Crippen LogP contribution in [0.25, 0.3) is 0 Å². The van der Waals surface area contributed by atoms with E-state index in [9.17, 15) is 41.1 Å². The number of carbonyl (C=O) groups excluding carboxylic acids is 4. The Morgan fingerprint density at radius 2 is 1.75 bits per heavy atom. The Kier molecular flexibility index (Phi) is 6.81. The number of benzene rings is 1. The molecule has 0 saturated heterocycles. The first kappa shape index (κ1) is 25.0. The van der Waals surface area contributed by atoms with Crippen molar-refractivity contribution in [3.63, 3.8) is 0 Å². The number of Topliss-reactive ketones (excluding diaryl/α,β-unsaturated/α-hetero) is 1. The molecule has 0 saturated carbocycles. The van der Waals surface area contributed by atoms with Gasteiger partial charge in [0, 0.05) is 7.05 Å². The Labute approximate surface area is 179 Å². The van der Waals surface area contributed by atoms with Gasteiger partial charge < -0.3 is 20.9 Å². The predicted octanol–water partition coefficient (Wildman–Crippen LogP) is 1.47. The molecule has 0 spiro atoms. The normalized spacial score (nSPS) is 19.9. The number of ketones is 1. The van der Waals surface area contributed by atoms with Crippen molar-refractivity contribution in [1.82, 2.24) is 10.6 Å². The van der Waals surface area contributed by atoms with E-state index in [4.69, 9.17) is 0 Å². The highest BCUT2D eigenvalue weighted by atomic mass is 19.4. The van der Waals surface area contributed by atoms with E-state index in [1.54, 1.807) is 24.3 Å². The Bertz CT molecular complexity index is 937. The first-order valence-electron chi connectivity index (χ1n) is 9.30. The van der Waals surface area contributed by atoms with Gasteiger partial charge >= 0.3 is 12.1 Å². The number of rotatable bonds is 6. The number of nitrogens with one attached hydrogen (secondary N) is 3. The Hall–Kier alpha value is -3.25. The van der Waals surface area contributed by atoms with Crippen LogP contribution in [0.3, 0.4) is 0 Å². The molecule has 1 aliphatic heterocycles. The third kappa shape index (κ3) is 4.65. The zero-order chi connectivity index (χ0) is 24.5. The highest BCUT2D eigenvalue weighted by molar-refractivity contribution is 6.20. The summed E-state index contributed by atoms with van der Waals surface area (Å²) in [5.41, 5.74) is -1.24. The molecule has 13 heteroatoms. The van der Waals surface area contributed by atoms with Crippen molar-refractivity contribution >= 4 is 34.9 Å². The Morgan fingerprint density at radius 1 is 1.16 bits per heavy atom. The lowest BCUT2D eigenvalue weighted by molar-refractivity contribution is -0.278. The maximum atomic E-state index is 13.1. The van der Waals surface area contributed by atoms with Crippen LogP contribution >= 0.6 is 0 Å². The number of amides is 3. The molecule has 2 atom stereocenters. The quantitative estimate of drug-likeness (QED) is 0.437. The van der Waals surface area contributed by atoms with Gasteiger partial charge in [0.25, 0.3) is 5.91 Å². The summed E-state index contributed by atoms with van der Waals surface area (Å²) in [5.74, 6) is -11.2. The highest BCUT2D eigenvalue weighted by Gasteiger charge is 2.57. The van der Waals surface area contributed by atoms with Crippen molar-refractivity contribution in [2.45, 2.75) is 31.5 Å². The summed E-state index contributed by atoms with van der Waals surface area (Å²) in [4.78, 5) is 51.3. The standard InChI is InChI=1S/C19H21F5N4O4/c1-10(14(30)26-9-18(20,21)19(22,23)24)15(31)27-17(11(2)29)8-25-12-6-4-5-7-13(12)28(3)16(17)32/h4-7,10,25H,8-9H2,1-3H3,(H,26,30)(H,27,31)/t10?,17-/m0/s1. The fourth-order valence-electron chi connectivity index (χ4n) is 2.96.